The molecule has 0 aromatic carbocycles. The van der Waals surface area contributed by atoms with Crippen molar-refractivity contribution in [2.24, 2.45) is 0 Å². The molecule has 0 aromatic rings. The van der Waals surface area contributed by atoms with Gasteiger partial charge >= 0.3 is 15.2 Å². The minimum absolute atomic E-state index is 0.195. The van der Waals surface area contributed by atoms with Gasteiger partial charge in [0.15, 0.2) is 0 Å². The van der Waals surface area contributed by atoms with Crippen LogP contribution in [-0.2, 0) is 22.7 Å². The van der Waals surface area contributed by atoms with Gasteiger partial charge in [-0.15, -0.1) is 0 Å². The number of hydrogen-bond donors (Lipinski definition) is 1. The van der Waals surface area contributed by atoms with E-state index in [0.717, 1.165) is 0 Å². The van der Waals surface area contributed by atoms with Crippen molar-refractivity contribution in [1.82, 2.24) is 0 Å². The first-order valence-corrected chi connectivity index (χ1v) is 9.64. The normalized spacial score (nSPS) is 14.6. The maximum atomic E-state index is 11.3. The van der Waals surface area contributed by atoms with Gasteiger partial charge in [-0.05, 0) is 20.8 Å². The standard InChI is InChI=1S/C6H15O3P.C4H11O3P/c1-4-8-10(7,6-3)9-5-2;1-3-7-8(5,6)4-2/h4-6H2,1-3H3;3-4H2,1-2H3,(H,5,6). The van der Waals surface area contributed by atoms with E-state index in [1.165, 1.54) is 0 Å². The molecular formula is C10H26O6P2. The minimum Gasteiger partial charge on any atom is -0.324 e. The summed E-state index contributed by atoms with van der Waals surface area (Å²) in [5, 5.41) is 0. The summed E-state index contributed by atoms with van der Waals surface area (Å²) in [5.74, 6) is 0. The van der Waals surface area contributed by atoms with E-state index in [-0.39, 0.29) is 6.16 Å². The molecule has 1 N–H and O–H groups in total. The van der Waals surface area contributed by atoms with Crippen molar-refractivity contribution < 1.29 is 27.6 Å². The molecular weight excluding hydrogens is 278 g/mol. The molecule has 0 amide bonds. The van der Waals surface area contributed by atoms with Gasteiger partial charge in [0, 0.05) is 12.3 Å². The highest BCUT2D eigenvalue weighted by molar-refractivity contribution is 7.53. The zero-order chi connectivity index (χ0) is 14.7. The van der Waals surface area contributed by atoms with Crippen LogP contribution >= 0.6 is 15.2 Å². The lowest BCUT2D eigenvalue weighted by atomic mass is 10.9. The molecule has 0 aromatic heterocycles. The summed E-state index contributed by atoms with van der Waals surface area (Å²) in [6.45, 7) is 9.93. The Morgan fingerprint density at radius 2 is 1.17 bits per heavy atom. The first-order valence-electron chi connectivity index (χ1n) is 6.15. The predicted molar refractivity (Wildman–Crippen MR) is 73.4 cm³/mol. The van der Waals surface area contributed by atoms with Crippen LogP contribution in [0.2, 0.25) is 0 Å². The van der Waals surface area contributed by atoms with Crippen LogP contribution in [0.3, 0.4) is 0 Å². The largest absolute Gasteiger partial charge is 0.330 e. The summed E-state index contributed by atoms with van der Waals surface area (Å²) >= 11 is 0. The molecule has 1 unspecified atom stereocenters. The Balaban J connectivity index is 0. The van der Waals surface area contributed by atoms with Gasteiger partial charge in [-0.1, -0.05) is 13.8 Å². The topological polar surface area (TPSA) is 82.1 Å². The van der Waals surface area contributed by atoms with Gasteiger partial charge in [0.25, 0.3) is 0 Å². The molecule has 0 aliphatic carbocycles. The Kier molecular flexibility index (Phi) is 12.8. The van der Waals surface area contributed by atoms with Crippen LogP contribution in [0.15, 0.2) is 0 Å². The summed E-state index contributed by atoms with van der Waals surface area (Å²) < 4.78 is 36.2. The first-order chi connectivity index (χ1) is 8.30. The second-order valence-electron chi connectivity index (χ2n) is 3.13. The van der Waals surface area contributed by atoms with E-state index in [2.05, 4.69) is 4.52 Å². The summed E-state index contributed by atoms with van der Waals surface area (Å²) in [6.07, 6.45) is 0.648. The molecule has 1 atom stereocenters. The fourth-order valence-corrected chi connectivity index (χ4v) is 2.72. The second-order valence-corrected chi connectivity index (χ2v) is 7.67. The monoisotopic (exact) mass is 304 g/mol. The molecule has 0 fully saturated rings. The van der Waals surface area contributed by atoms with Crippen LogP contribution in [0.1, 0.15) is 34.6 Å². The van der Waals surface area contributed by atoms with E-state index >= 15 is 0 Å². The molecule has 6 nitrogen and oxygen atoms in total. The van der Waals surface area contributed by atoms with E-state index in [1.807, 2.05) is 0 Å². The lowest BCUT2D eigenvalue weighted by molar-refractivity contribution is 0.221. The summed E-state index contributed by atoms with van der Waals surface area (Å²) in [7, 11) is -5.87. The van der Waals surface area contributed by atoms with Crippen LogP contribution < -0.4 is 0 Å². The second kappa shape index (κ2) is 11.2. The molecule has 0 bridgehead atoms. The molecule has 0 heterocycles. The lowest BCUT2D eigenvalue weighted by Gasteiger charge is -2.13. The molecule has 0 saturated carbocycles. The third-order valence-electron chi connectivity index (χ3n) is 1.77. The van der Waals surface area contributed by atoms with Gasteiger partial charge in [-0.25, -0.2) is 0 Å². The Bertz CT molecular complexity index is 272. The van der Waals surface area contributed by atoms with E-state index in [9.17, 15) is 9.13 Å². The molecule has 18 heavy (non-hydrogen) atoms. The van der Waals surface area contributed by atoms with E-state index in [1.54, 1.807) is 34.6 Å². The Morgan fingerprint density at radius 1 is 0.778 bits per heavy atom. The fourth-order valence-electron chi connectivity index (χ4n) is 0.906. The molecule has 0 aliphatic rings. The van der Waals surface area contributed by atoms with Crippen LogP contribution in [0.4, 0.5) is 0 Å². The van der Waals surface area contributed by atoms with Crippen LogP contribution in [0.25, 0.3) is 0 Å². The van der Waals surface area contributed by atoms with Crippen molar-refractivity contribution in [3.63, 3.8) is 0 Å². The molecule has 0 aliphatic heterocycles. The van der Waals surface area contributed by atoms with Crippen molar-refractivity contribution >= 4 is 15.2 Å². The van der Waals surface area contributed by atoms with Gasteiger partial charge < -0.3 is 18.5 Å². The van der Waals surface area contributed by atoms with E-state index in [0.29, 0.717) is 26.0 Å². The van der Waals surface area contributed by atoms with Crippen LogP contribution in [0, 0.1) is 0 Å². The Morgan fingerprint density at radius 3 is 1.33 bits per heavy atom. The quantitative estimate of drug-likeness (QED) is 0.691. The molecule has 0 spiro atoms. The Hall–Kier alpha value is 0.300. The van der Waals surface area contributed by atoms with Crippen molar-refractivity contribution in [3.8, 4) is 0 Å². The molecule has 112 valence electrons. The van der Waals surface area contributed by atoms with Crippen LogP contribution in [-0.4, -0.2) is 37.0 Å². The average molecular weight is 304 g/mol. The van der Waals surface area contributed by atoms with Gasteiger partial charge in [0.2, 0.25) is 0 Å². The highest BCUT2D eigenvalue weighted by Gasteiger charge is 2.19. The minimum atomic E-state index is -3.17. The maximum Gasteiger partial charge on any atom is 0.330 e. The van der Waals surface area contributed by atoms with Gasteiger partial charge in [0.1, 0.15) is 0 Å². The zero-order valence-electron chi connectivity index (χ0n) is 11.9. The highest BCUT2D eigenvalue weighted by atomic mass is 31.2. The summed E-state index contributed by atoms with van der Waals surface area (Å²) in [4.78, 5) is 8.66. The fraction of sp³-hybridized carbons (Fsp3) is 1.00. The smallest absolute Gasteiger partial charge is 0.324 e. The summed E-state index contributed by atoms with van der Waals surface area (Å²) in [5.41, 5.74) is 0. The molecule has 0 rings (SSSR count). The van der Waals surface area contributed by atoms with Gasteiger partial charge in [-0.3, -0.25) is 9.13 Å². The predicted octanol–water partition coefficient (Wildman–Crippen LogP) is 3.50. The number of rotatable bonds is 8. The molecule has 0 radical (unpaired) electrons. The van der Waals surface area contributed by atoms with Crippen molar-refractivity contribution in [2.75, 3.05) is 32.1 Å². The molecule has 0 saturated heterocycles. The maximum absolute atomic E-state index is 11.3. The first kappa shape index (κ1) is 20.6. The number of hydrogen-bond acceptors (Lipinski definition) is 5. The van der Waals surface area contributed by atoms with E-state index < -0.39 is 15.2 Å². The van der Waals surface area contributed by atoms with E-state index in [4.69, 9.17) is 13.9 Å². The van der Waals surface area contributed by atoms with Crippen LogP contribution in [0.5, 0.6) is 0 Å². The van der Waals surface area contributed by atoms with Crippen molar-refractivity contribution in [1.29, 1.82) is 0 Å². The van der Waals surface area contributed by atoms with Crippen molar-refractivity contribution in [3.05, 3.63) is 0 Å². The average Bonchev–Trinajstić information content (AvgIpc) is 2.30. The third kappa shape index (κ3) is 11.4. The summed E-state index contributed by atoms with van der Waals surface area (Å²) in [6, 6.07) is 0. The third-order valence-corrected chi connectivity index (χ3v) is 5.31. The molecule has 8 heteroatoms. The van der Waals surface area contributed by atoms with Gasteiger partial charge in [0.05, 0.1) is 19.8 Å². The van der Waals surface area contributed by atoms with Crippen molar-refractivity contribution in [2.45, 2.75) is 34.6 Å². The Labute approximate surface area is 110 Å². The highest BCUT2D eigenvalue weighted by Crippen LogP contribution is 2.47. The lowest BCUT2D eigenvalue weighted by Crippen LogP contribution is -1.97. The zero-order valence-corrected chi connectivity index (χ0v) is 13.7. The SMILES string of the molecule is CCOP(=O)(CC)OCC.CCOP(=O)(O)CC. The van der Waals surface area contributed by atoms with Gasteiger partial charge in [-0.2, -0.15) is 0 Å².